The van der Waals surface area contributed by atoms with E-state index in [-0.39, 0.29) is 0 Å². The van der Waals surface area contributed by atoms with Gasteiger partial charge in [-0.1, -0.05) is 77.1 Å². The van der Waals surface area contributed by atoms with Crippen LogP contribution in [-0.4, -0.2) is 29.4 Å². The summed E-state index contributed by atoms with van der Waals surface area (Å²) in [5, 5.41) is 0. The maximum Gasteiger partial charge on any atom is 0.264 e. The summed E-state index contributed by atoms with van der Waals surface area (Å²) in [4.78, 5) is 0. The molecule has 3 nitrogen and oxygen atoms in total. The molecule has 0 amide bonds. The minimum Gasteiger partial charge on any atom is -0.270 e. The first kappa shape index (κ1) is 20.1. The van der Waals surface area contributed by atoms with Gasteiger partial charge in [-0.05, 0) is 6.42 Å². The van der Waals surface area contributed by atoms with Gasteiger partial charge in [-0.15, -0.1) is 0 Å². The van der Waals surface area contributed by atoms with E-state index in [1.807, 2.05) is 0 Å². The molecule has 0 aliphatic heterocycles. The predicted octanol–water partition coefficient (Wildman–Crippen LogP) is 4.81. The summed E-state index contributed by atoms with van der Waals surface area (Å²) < 4.78 is 26.2. The summed E-state index contributed by atoms with van der Waals surface area (Å²) in [6.45, 7) is 7.68. The van der Waals surface area contributed by atoms with Gasteiger partial charge >= 0.3 is 0 Å². The van der Waals surface area contributed by atoms with Gasteiger partial charge in [0, 0.05) is 8.07 Å². The largest absolute Gasteiger partial charge is 0.270 e. The Morgan fingerprint density at radius 2 is 1.15 bits per heavy atom. The summed E-state index contributed by atoms with van der Waals surface area (Å²) in [5.41, 5.74) is 0. The zero-order chi connectivity index (χ0) is 15.5. The van der Waals surface area contributed by atoms with Crippen molar-refractivity contribution in [3.8, 4) is 0 Å². The highest BCUT2D eigenvalue weighted by atomic mass is 32.2. The second-order valence-corrected chi connectivity index (χ2v) is 14.3. The van der Waals surface area contributed by atoms with E-state index in [0.29, 0.717) is 6.61 Å². The lowest BCUT2D eigenvalue weighted by Gasteiger charge is -2.14. The lowest BCUT2D eigenvalue weighted by Crippen LogP contribution is -2.18. The van der Waals surface area contributed by atoms with Crippen molar-refractivity contribution in [1.82, 2.24) is 0 Å². The fraction of sp³-hybridized carbons (Fsp3) is 1.00. The van der Waals surface area contributed by atoms with Gasteiger partial charge in [0.1, 0.15) is 0 Å². The molecule has 122 valence electrons. The average Bonchev–Trinajstić information content (AvgIpc) is 2.27. The van der Waals surface area contributed by atoms with Gasteiger partial charge in [-0.25, -0.2) is 0 Å². The van der Waals surface area contributed by atoms with Gasteiger partial charge in [-0.2, -0.15) is 8.42 Å². The van der Waals surface area contributed by atoms with Gasteiger partial charge < -0.3 is 0 Å². The van der Waals surface area contributed by atoms with Crippen molar-refractivity contribution < 1.29 is 12.6 Å². The first-order valence-electron chi connectivity index (χ1n) is 8.05. The van der Waals surface area contributed by atoms with Crippen LogP contribution in [0.15, 0.2) is 0 Å². The normalized spacial score (nSPS) is 12.8. The molecule has 0 fully saturated rings. The van der Waals surface area contributed by atoms with E-state index in [1.54, 1.807) is 0 Å². The van der Waals surface area contributed by atoms with Gasteiger partial charge in [0.15, 0.2) is 0 Å². The average molecular weight is 323 g/mol. The van der Waals surface area contributed by atoms with Crippen molar-refractivity contribution in [3.05, 3.63) is 0 Å². The number of hydrogen-bond donors (Lipinski definition) is 0. The van der Waals surface area contributed by atoms with E-state index in [1.165, 1.54) is 51.0 Å². The Hall–Kier alpha value is 0.127. The minimum atomic E-state index is -3.24. The van der Waals surface area contributed by atoms with Crippen LogP contribution in [0.3, 0.4) is 0 Å². The Bertz CT molecular complexity index is 321. The quantitative estimate of drug-likeness (QED) is 0.277. The molecular formula is C15H34O3SSi. The molecule has 5 heteroatoms. The molecule has 0 aromatic heterocycles. The molecule has 0 radical (unpaired) electrons. The molecule has 0 bridgehead atoms. The smallest absolute Gasteiger partial charge is 0.264 e. The van der Waals surface area contributed by atoms with Crippen LogP contribution in [0.1, 0.15) is 57.8 Å². The molecule has 0 rings (SSSR count). The highest BCUT2D eigenvalue weighted by Gasteiger charge is 2.11. The predicted molar refractivity (Wildman–Crippen MR) is 90.5 cm³/mol. The summed E-state index contributed by atoms with van der Waals surface area (Å²) >= 11 is 0. The maximum absolute atomic E-state index is 10.7. The molecule has 0 heterocycles. The topological polar surface area (TPSA) is 43.4 Å². The van der Waals surface area contributed by atoms with Gasteiger partial charge in [0.2, 0.25) is 0 Å². The monoisotopic (exact) mass is 322 g/mol. The number of rotatable bonds is 13. The van der Waals surface area contributed by atoms with Crippen LogP contribution in [0, 0.1) is 0 Å². The number of unbranched alkanes of at least 4 members (excludes halogenated alkanes) is 8. The molecule has 0 N–H and O–H groups in total. The third kappa shape index (κ3) is 18.1. The lowest BCUT2D eigenvalue weighted by molar-refractivity contribution is 0.309. The Labute approximate surface area is 127 Å². The SMILES string of the molecule is C[Si](C)(C)CCCCCCCCCCCOS(C)(=O)=O. The molecule has 0 unspecified atom stereocenters. The molecule has 0 aromatic rings. The fourth-order valence-electron chi connectivity index (χ4n) is 2.21. The van der Waals surface area contributed by atoms with Crippen molar-refractivity contribution >= 4 is 18.2 Å². The van der Waals surface area contributed by atoms with Gasteiger partial charge in [0.25, 0.3) is 10.1 Å². The van der Waals surface area contributed by atoms with E-state index < -0.39 is 18.2 Å². The standard InChI is InChI=1S/C15H34O3SSi/c1-19(16,17)18-14-12-10-8-6-5-7-9-11-13-15-20(2,3)4/h5-15H2,1-4H3. The van der Waals surface area contributed by atoms with Crippen molar-refractivity contribution in [2.45, 2.75) is 83.5 Å². The first-order chi connectivity index (χ1) is 9.21. The van der Waals surface area contributed by atoms with Gasteiger partial charge in [0.05, 0.1) is 12.9 Å². The fourth-order valence-corrected chi connectivity index (χ4v) is 3.94. The molecule has 20 heavy (non-hydrogen) atoms. The molecule has 0 saturated carbocycles. The molecular weight excluding hydrogens is 288 g/mol. The van der Waals surface area contributed by atoms with E-state index in [2.05, 4.69) is 19.6 Å². The van der Waals surface area contributed by atoms with Crippen LogP contribution in [0.4, 0.5) is 0 Å². The molecule has 0 aliphatic carbocycles. The van der Waals surface area contributed by atoms with Crippen LogP contribution in [0.25, 0.3) is 0 Å². The van der Waals surface area contributed by atoms with E-state index in [0.717, 1.165) is 19.1 Å². The van der Waals surface area contributed by atoms with Crippen LogP contribution in [0.2, 0.25) is 25.7 Å². The summed E-state index contributed by atoms with van der Waals surface area (Å²) in [7, 11) is -4.06. The van der Waals surface area contributed by atoms with E-state index in [4.69, 9.17) is 4.18 Å². The molecule has 0 aromatic carbocycles. The zero-order valence-corrected chi connectivity index (χ0v) is 15.7. The molecule has 0 aliphatic rings. The van der Waals surface area contributed by atoms with Crippen LogP contribution in [0.5, 0.6) is 0 Å². The minimum absolute atomic E-state index is 0.343. The van der Waals surface area contributed by atoms with Crippen molar-refractivity contribution in [1.29, 1.82) is 0 Å². The summed E-state index contributed by atoms with van der Waals surface area (Å²) in [5.74, 6) is 0. The van der Waals surface area contributed by atoms with Crippen LogP contribution >= 0.6 is 0 Å². The third-order valence-electron chi connectivity index (χ3n) is 3.37. The summed E-state index contributed by atoms with van der Waals surface area (Å²) in [6, 6.07) is 1.47. The first-order valence-corrected chi connectivity index (χ1v) is 13.6. The Kier molecular flexibility index (Phi) is 10.9. The van der Waals surface area contributed by atoms with Gasteiger partial charge in [-0.3, -0.25) is 4.18 Å². The second kappa shape index (κ2) is 10.8. The van der Waals surface area contributed by atoms with Crippen molar-refractivity contribution in [3.63, 3.8) is 0 Å². The zero-order valence-electron chi connectivity index (χ0n) is 13.9. The van der Waals surface area contributed by atoms with Crippen LogP contribution < -0.4 is 0 Å². The lowest BCUT2D eigenvalue weighted by atomic mass is 10.1. The third-order valence-corrected chi connectivity index (χ3v) is 5.82. The van der Waals surface area contributed by atoms with Crippen molar-refractivity contribution in [2.75, 3.05) is 12.9 Å². The summed E-state index contributed by atoms with van der Waals surface area (Å²) in [6.07, 6.45) is 12.4. The molecule has 0 saturated heterocycles. The second-order valence-electron chi connectivity index (χ2n) is 7.02. The van der Waals surface area contributed by atoms with Crippen molar-refractivity contribution in [2.24, 2.45) is 0 Å². The number of hydrogen-bond acceptors (Lipinski definition) is 3. The Morgan fingerprint density at radius 3 is 1.55 bits per heavy atom. The highest BCUT2D eigenvalue weighted by molar-refractivity contribution is 7.85. The highest BCUT2D eigenvalue weighted by Crippen LogP contribution is 2.16. The molecule has 0 spiro atoms. The van der Waals surface area contributed by atoms with Crippen LogP contribution in [-0.2, 0) is 14.3 Å². The van der Waals surface area contributed by atoms with E-state index >= 15 is 0 Å². The Morgan fingerprint density at radius 1 is 0.750 bits per heavy atom. The maximum atomic E-state index is 10.7. The molecule has 0 atom stereocenters. The Balaban J connectivity index is 3.14. The van der Waals surface area contributed by atoms with E-state index in [9.17, 15) is 8.42 Å².